The molecule has 2 aromatic carbocycles. The average Bonchev–Trinajstić information content (AvgIpc) is 2.92. The molecule has 0 aliphatic carbocycles. The topological polar surface area (TPSA) is 32.3 Å². The molecule has 3 nitrogen and oxygen atoms in total. The molecule has 23 heavy (non-hydrogen) atoms. The standard InChI is InChI=1S/C17H17F3N2O/c1-2-11-7-8-14(13-6-4-3-5-12(11)13)16(17(18,19)20)22-10-9-15(23)21-22/h3-8,16H,2,9-10H2,1H3,(H,21,23)/t16-/m0/s1. The fraction of sp³-hybridized carbons (Fsp3) is 0.353. The maximum absolute atomic E-state index is 13.7. The van der Waals surface area contributed by atoms with Crippen LogP contribution in [0.1, 0.15) is 30.5 Å². The molecule has 0 saturated carbocycles. The van der Waals surface area contributed by atoms with Gasteiger partial charge in [-0.05, 0) is 28.3 Å². The first kappa shape index (κ1) is 15.8. The van der Waals surface area contributed by atoms with E-state index in [1.54, 1.807) is 18.2 Å². The van der Waals surface area contributed by atoms with E-state index in [-0.39, 0.29) is 24.4 Å². The number of halogens is 3. The molecule has 1 heterocycles. The lowest BCUT2D eigenvalue weighted by atomic mass is 9.94. The predicted molar refractivity (Wildman–Crippen MR) is 81.6 cm³/mol. The van der Waals surface area contributed by atoms with E-state index in [0.29, 0.717) is 5.39 Å². The van der Waals surface area contributed by atoms with Gasteiger partial charge < -0.3 is 0 Å². The molecule has 1 N–H and O–H groups in total. The van der Waals surface area contributed by atoms with Crippen LogP contribution in [0.4, 0.5) is 13.2 Å². The maximum atomic E-state index is 13.7. The zero-order valence-corrected chi connectivity index (χ0v) is 12.7. The van der Waals surface area contributed by atoms with Crippen LogP contribution in [0.5, 0.6) is 0 Å². The number of carbonyl (C=O) groups excluding carboxylic acids is 1. The van der Waals surface area contributed by atoms with Crippen molar-refractivity contribution in [3.63, 3.8) is 0 Å². The molecule has 1 aliphatic rings. The highest BCUT2D eigenvalue weighted by molar-refractivity contribution is 5.89. The second-order valence-electron chi connectivity index (χ2n) is 5.64. The van der Waals surface area contributed by atoms with E-state index in [4.69, 9.17) is 0 Å². The summed E-state index contributed by atoms with van der Waals surface area (Å²) in [6, 6.07) is 8.55. The summed E-state index contributed by atoms with van der Waals surface area (Å²) in [5.41, 5.74) is 3.51. The minimum atomic E-state index is -4.48. The molecular weight excluding hydrogens is 305 g/mol. The van der Waals surface area contributed by atoms with Crippen LogP contribution in [0.2, 0.25) is 0 Å². The normalized spacial score (nSPS) is 17.5. The lowest BCUT2D eigenvalue weighted by Gasteiger charge is -2.30. The summed E-state index contributed by atoms with van der Waals surface area (Å²) in [6.45, 7) is 2.02. The highest BCUT2D eigenvalue weighted by Crippen LogP contribution is 2.41. The van der Waals surface area contributed by atoms with E-state index in [1.807, 2.05) is 19.1 Å². The van der Waals surface area contributed by atoms with E-state index >= 15 is 0 Å². The van der Waals surface area contributed by atoms with Gasteiger partial charge in [-0.2, -0.15) is 13.2 Å². The summed E-state index contributed by atoms with van der Waals surface area (Å²) in [5.74, 6) is -0.381. The Morgan fingerprint density at radius 1 is 1.17 bits per heavy atom. The van der Waals surface area contributed by atoms with Crippen molar-refractivity contribution in [2.45, 2.75) is 32.0 Å². The molecule has 3 rings (SSSR count). The van der Waals surface area contributed by atoms with Crippen LogP contribution < -0.4 is 5.43 Å². The molecule has 0 unspecified atom stereocenters. The number of hydrogen-bond acceptors (Lipinski definition) is 2. The molecule has 122 valence electrons. The summed E-state index contributed by atoms with van der Waals surface area (Å²) in [7, 11) is 0. The van der Waals surface area contributed by atoms with Crippen LogP contribution in [0, 0.1) is 0 Å². The lowest BCUT2D eigenvalue weighted by Crippen LogP contribution is -2.43. The van der Waals surface area contributed by atoms with E-state index < -0.39 is 12.2 Å². The first-order valence-electron chi connectivity index (χ1n) is 7.55. The molecule has 0 radical (unpaired) electrons. The van der Waals surface area contributed by atoms with Crippen molar-refractivity contribution in [2.24, 2.45) is 0 Å². The first-order valence-corrected chi connectivity index (χ1v) is 7.55. The number of nitrogens with one attached hydrogen (secondary N) is 1. The predicted octanol–water partition coefficient (Wildman–Crippen LogP) is 3.74. The average molecular weight is 322 g/mol. The van der Waals surface area contributed by atoms with Gasteiger partial charge in [0.25, 0.3) is 0 Å². The number of amides is 1. The van der Waals surface area contributed by atoms with Crippen LogP contribution in [0.25, 0.3) is 10.8 Å². The Morgan fingerprint density at radius 2 is 1.87 bits per heavy atom. The van der Waals surface area contributed by atoms with Gasteiger partial charge in [-0.3, -0.25) is 10.2 Å². The highest BCUT2D eigenvalue weighted by Gasteiger charge is 2.47. The number of rotatable bonds is 3. The third-order valence-corrected chi connectivity index (χ3v) is 4.19. The third kappa shape index (κ3) is 2.91. The largest absolute Gasteiger partial charge is 0.409 e. The molecule has 0 aromatic heterocycles. The number of nitrogens with zero attached hydrogens (tertiary/aromatic N) is 1. The SMILES string of the molecule is CCc1ccc([C@H](N2CCC(=O)N2)C(F)(F)F)c2ccccc12. The van der Waals surface area contributed by atoms with Crippen LogP contribution in [0.3, 0.4) is 0 Å². The second kappa shape index (κ2) is 5.85. The summed E-state index contributed by atoms with van der Waals surface area (Å²) in [5, 5.41) is 2.40. The zero-order chi connectivity index (χ0) is 16.6. The van der Waals surface area contributed by atoms with Crippen LogP contribution in [-0.4, -0.2) is 23.6 Å². The Labute approximate surface area is 132 Å². The van der Waals surface area contributed by atoms with Crippen LogP contribution in [0.15, 0.2) is 36.4 Å². The van der Waals surface area contributed by atoms with Gasteiger partial charge in [-0.1, -0.05) is 43.3 Å². The van der Waals surface area contributed by atoms with Gasteiger partial charge in [0.1, 0.15) is 0 Å². The zero-order valence-electron chi connectivity index (χ0n) is 12.7. The van der Waals surface area contributed by atoms with Crippen LogP contribution >= 0.6 is 0 Å². The molecule has 0 spiro atoms. The van der Waals surface area contributed by atoms with Crippen molar-refractivity contribution in [1.29, 1.82) is 0 Å². The summed E-state index contributed by atoms with van der Waals surface area (Å²) < 4.78 is 41.1. The van der Waals surface area contributed by atoms with Gasteiger partial charge in [-0.25, -0.2) is 5.01 Å². The number of hydrogen-bond donors (Lipinski definition) is 1. The van der Waals surface area contributed by atoms with E-state index in [1.165, 1.54) is 6.07 Å². The van der Waals surface area contributed by atoms with E-state index in [0.717, 1.165) is 22.4 Å². The van der Waals surface area contributed by atoms with Crippen molar-refractivity contribution < 1.29 is 18.0 Å². The Hall–Kier alpha value is -2.08. The molecule has 0 bridgehead atoms. The Kier molecular flexibility index (Phi) is 4.02. The van der Waals surface area contributed by atoms with Crippen molar-refractivity contribution in [3.05, 3.63) is 47.5 Å². The summed E-state index contributed by atoms with van der Waals surface area (Å²) in [6.07, 6.45) is -3.65. The van der Waals surface area contributed by atoms with Crippen molar-refractivity contribution in [2.75, 3.05) is 6.54 Å². The number of alkyl halides is 3. The monoisotopic (exact) mass is 322 g/mol. The molecule has 1 fully saturated rings. The molecule has 1 atom stereocenters. The van der Waals surface area contributed by atoms with Crippen molar-refractivity contribution in [3.8, 4) is 0 Å². The highest BCUT2D eigenvalue weighted by atomic mass is 19.4. The number of carbonyl (C=O) groups is 1. The number of benzene rings is 2. The minimum absolute atomic E-state index is 0.0485. The Balaban J connectivity index is 2.17. The quantitative estimate of drug-likeness (QED) is 0.933. The van der Waals surface area contributed by atoms with Gasteiger partial charge in [0.05, 0.1) is 0 Å². The van der Waals surface area contributed by atoms with Crippen molar-refractivity contribution >= 4 is 16.7 Å². The van der Waals surface area contributed by atoms with Gasteiger partial charge in [-0.15, -0.1) is 0 Å². The van der Waals surface area contributed by atoms with Gasteiger partial charge in [0.15, 0.2) is 6.04 Å². The van der Waals surface area contributed by atoms with Crippen molar-refractivity contribution in [1.82, 2.24) is 10.4 Å². The molecule has 1 saturated heterocycles. The second-order valence-corrected chi connectivity index (χ2v) is 5.64. The number of aryl methyl sites for hydroxylation is 1. The molecule has 2 aromatic rings. The fourth-order valence-electron chi connectivity index (χ4n) is 3.14. The smallest absolute Gasteiger partial charge is 0.288 e. The lowest BCUT2D eigenvalue weighted by molar-refractivity contribution is -0.190. The molecule has 1 amide bonds. The molecular formula is C17H17F3N2O. The van der Waals surface area contributed by atoms with Gasteiger partial charge >= 0.3 is 6.18 Å². The van der Waals surface area contributed by atoms with Gasteiger partial charge in [0.2, 0.25) is 5.91 Å². The number of hydrazine groups is 1. The summed E-state index contributed by atoms with van der Waals surface area (Å²) in [4.78, 5) is 11.4. The Morgan fingerprint density at radius 3 is 2.43 bits per heavy atom. The molecule has 1 aliphatic heterocycles. The maximum Gasteiger partial charge on any atom is 0.409 e. The minimum Gasteiger partial charge on any atom is -0.288 e. The first-order chi connectivity index (χ1) is 10.9. The fourth-order valence-corrected chi connectivity index (χ4v) is 3.14. The van der Waals surface area contributed by atoms with E-state index in [9.17, 15) is 18.0 Å². The Bertz CT molecular complexity index is 742. The van der Waals surface area contributed by atoms with Crippen LogP contribution in [-0.2, 0) is 11.2 Å². The van der Waals surface area contributed by atoms with E-state index in [2.05, 4.69) is 5.43 Å². The summed E-state index contributed by atoms with van der Waals surface area (Å²) >= 11 is 0. The number of fused-ring (bicyclic) bond motifs is 1. The van der Waals surface area contributed by atoms with Gasteiger partial charge in [0, 0.05) is 13.0 Å². The molecule has 6 heteroatoms. The third-order valence-electron chi connectivity index (χ3n) is 4.19.